The number of nitrogens with zero attached hydrogens (tertiary/aromatic N) is 2. The molecule has 0 amide bonds. The van der Waals surface area contributed by atoms with Crippen molar-refractivity contribution in [2.45, 2.75) is 6.54 Å². The van der Waals surface area contributed by atoms with E-state index >= 15 is 0 Å². The standard InChI is InChI=1S/C11H8ClFN2O/c12-10-11(16)15(5-4-14-10)7-8-2-1-3-9(13)6-8/h1-6H,7H2. The molecule has 1 aromatic carbocycles. The van der Waals surface area contributed by atoms with Gasteiger partial charge >= 0.3 is 0 Å². The summed E-state index contributed by atoms with van der Waals surface area (Å²) in [7, 11) is 0. The zero-order valence-electron chi connectivity index (χ0n) is 8.23. The van der Waals surface area contributed by atoms with Gasteiger partial charge in [-0.2, -0.15) is 0 Å². The number of rotatable bonds is 2. The molecule has 5 heteroatoms. The molecule has 1 aromatic heterocycles. The largest absolute Gasteiger partial charge is 0.307 e. The molecule has 2 rings (SSSR count). The van der Waals surface area contributed by atoms with Crippen molar-refractivity contribution in [1.29, 1.82) is 0 Å². The Labute approximate surface area is 96.1 Å². The molecule has 0 saturated carbocycles. The maximum absolute atomic E-state index is 12.9. The molecule has 0 aliphatic heterocycles. The molecule has 0 saturated heterocycles. The third-order valence-corrected chi connectivity index (χ3v) is 2.37. The van der Waals surface area contributed by atoms with Crippen LogP contribution in [0.3, 0.4) is 0 Å². The van der Waals surface area contributed by atoms with Crippen LogP contribution >= 0.6 is 11.6 Å². The summed E-state index contributed by atoms with van der Waals surface area (Å²) in [6.07, 6.45) is 2.95. The van der Waals surface area contributed by atoms with Crippen LogP contribution in [0.2, 0.25) is 5.15 Å². The normalized spacial score (nSPS) is 10.4. The zero-order chi connectivity index (χ0) is 11.5. The molecule has 0 fully saturated rings. The summed E-state index contributed by atoms with van der Waals surface area (Å²) in [6.45, 7) is 0.277. The molecule has 0 spiro atoms. The van der Waals surface area contributed by atoms with E-state index in [1.807, 2.05) is 0 Å². The first-order valence-corrected chi connectivity index (χ1v) is 5.00. The first kappa shape index (κ1) is 10.8. The van der Waals surface area contributed by atoms with Crippen LogP contribution in [0.4, 0.5) is 4.39 Å². The van der Waals surface area contributed by atoms with Crippen LogP contribution in [0, 0.1) is 5.82 Å². The second-order valence-electron chi connectivity index (χ2n) is 3.28. The van der Waals surface area contributed by atoms with Crippen molar-refractivity contribution in [3.63, 3.8) is 0 Å². The lowest BCUT2D eigenvalue weighted by molar-refractivity contribution is 0.622. The fourth-order valence-corrected chi connectivity index (χ4v) is 1.54. The van der Waals surface area contributed by atoms with Gasteiger partial charge in [0.2, 0.25) is 0 Å². The van der Waals surface area contributed by atoms with Gasteiger partial charge in [-0.25, -0.2) is 9.37 Å². The van der Waals surface area contributed by atoms with Crippen LogP contribution in [0.15, 0.2) is 41.5 Å². The van der Waals surface area contributed by atoms with Crippen molar-refractivity contribution in [3.05, 3.63) is 63.5 Å². The lowest BCUT2D eigenvalue weighted by atomic mass is 10.2. The van der Waals surface area contributed by atoms with Crippen LogP contribution in [0.5, 0.6) is 0 Å². The molecular formula is C11H8ClFN2O. The van der Waals surface area contributed by atoms with Gasteiger partial charge in [0.05, 0.1) is 6.54 Å². The quantitative estimate of drug-likeness (QED) is 0.803. The molecule has 0 atom stereocenters. The number of hydrogen-bond donors (Lipinski definition) is 0. The predicted molar refractivity (Wildman–Crippen MR) is 59.0 cm³/mol. The lowest BCUT2D eigenvalue weighted by Crippen LogP contribution is -2.21. The Kier molecular flexibility index (Phi) is 3.01. The van der Waals surface area contributed by atoms with Crippen molar-refractivity contribution in [3.8, 4) is 0 Å². The molecule has 0 unspecified atom stereocenters. The molecule has 1 heterocycles. The first-order chi connectivity index (χ1) is 7.66. The van der Waals surface area contributed by atoms with Crippen molar-refractivity contribution in [1.82, 2.24) is 9.55 Å². The Hall–Kier alpha value is -1.68. The van der Waals surface area contributed by atoms with E-state index < -0.39 is 0 Å². The average Bonchev–Trinajstić information content (AvgIpc) is 2.25. The van der Waals surface area contributed by atoms with E-state index in [1.54, 1.807) is 12.1 Å². The van der Waals surface area contributed by atoms with E-state index in [2.05, 4.69) is 4.98 Å². The third kappa shape index (κ3) is 2.28. The van der Waals surface area contributed by atoms with Gasteiger partial charge in [-0.3, -0.25) is 4.79 Å². The highest BCUT2D eigenvalue weighted by Gasteiger charge is 2.02. The summed E-state index contributed by atoms with van der Waals surface area (Å²) in [6, 6.07) is 6.06. The maximum atomic E-state index is 12.9. The highest BCUT2D eigenvalue weighted by Crippen LogP contribution is 2.05. The number of aromatic nitrogens is 2. The van der Waals surface area contributed by atoms with Gasteiger partial charge in [0, 0.05) is 12.4 Å². The van der Waals surface area contributed by atoms with Crippen molar-refractivity contribution < 1.29 is 4.39 Å². The van der Waals surface area contributed by atoms with E-state index in [0.717, 1.165) is 0 Å². The second-order valence-corrected chi connectivity index (χ2v) is 3.64. The highest BCUT2D eigenvalue weighted by molar-refractivity contribution is 6.29. The summed E-state index contributed by atoms with van der Waals surface area (Å²) in [4.78, 5) is 15.2. The summed E-state index contributed by atoms with van der Waals surface area (Å²) in [5.41, 5.74) is 0.317. The van der Waals surface area contributed by atoms with Gasteiger partial charge in [-0.1, -0.05) is 23.7 Å². The Bertz CT molecular complexity index is 568. The maximum Gasteiger partial charge on any atom is 0.288 e. The summed E-state index contributed by atoms with van der Waals surface area (Å²) in [5.74, 6) is -0.328. The van der Waals surface area contributed by atoms with Gasteiger partial charge in [-0.05, 0) is 17.7 Å². The molecule has 0 bridgehead atoms. The van der Waals surface area contributed by atoms with Crippen molar-refractivity contribution >= 4 is 11.6 Å². The van der Waals surface area contributed by atoms with Crippen LogP contribution < -0.4 is 5.56 Å². The molecule has 3 nitrogen and oxygen atoms in total. The molecule has 16 heavy (non-hydrogen) atoms. The van der Waals surface area contributed by atoms with Crippen LogP contribution in [0.25, 0.3) is 0 Å². The fourth-order valence-electron chi connectivity index (χ4n) is 1.38. The molecule has 0 N–H and O–H groups in total. The molecule has 0 radical (unpaired) electrons. The molecule has 0 aliphatic carbocycles. The Morgan fingerprint density at radius 3 is 3.00 bits per heavy atom. The Morgan fingerprint density at radius 1 is 1.44 bits per heavy atom. The minimum absolute atomic E-state index is 0.0843. The minimum atomic E-state index is -0.381. The van der Waals surface area contributed by atoms with E-state index in [0.29, 0.717) is 5.56 Å². The fraction of sp³-hybridized carbons (Fsp3) is 0.0909. The summed E-state index contributed by atoms with van der Waals surface area (Å²) >= 11 is 5.59. The predicted octanol–water partition coefficient (Wildman–Crippen LogP) is 2.08. The van der Waals surface area contributed by atoms with Gasteiger partial charge in [0.25, 0.3) is 5.56 Å². The number of benzene rings is 1. The minimum Gasteiger partial charge on any atom is -0.307 e. The number of halogens is 2. The molecule has 2 aromatic rings. The van der Waals surface area contributed by atoms with E-state index in [-0.39, 0.29) is 23.1 Å². The van der Waals surface area contributed by atoms with Crippen LogP contribution in [-0.2, 0) is 6.54 Å². The van der Waals surface area contributed by atoms with E-state index in [4.69, 9.17) is 11.6 Å². The van der Waals surface area contributed by atoms with Gasteiger partial charge in [0.15, 0.2) is 5.15 Å². The Morgan fingerprint density at radius 2 is 2.25 bits per heavy atom. The topological polar surface area (TPSA) is 34.9 Å². The lowest BCUT2D eigenvalue weighted by Gasteiger charge is -2.05. The highest BCUT2D eigenvalue weighted by atomic mass is 35.5. The summed E-state index contributed by atoms with van der Waals surface area (Å²) in [5, 5.41) is -0.0843. The number of hydrogen-bond acceptors (Lipinski definition) is 2. The average molecular weight is 239 g/mol. The smallest absolute Gasteiger partial charge is 0.288 e. The van der Waals surface area contributed by atoms with Crippen molar-refractivity contribution in [2.24, 2.45) is 0 Å². The molecule has 0 aliphatic rings. The zero-order valence-corrected chi connectivity index (χ0v) is 8.99. The van der Waals surface area contributed by atoms with Gasteiger partial charge < -0.3 is 4.57 Å². The van der Waals surface area contributed by atoms with E-state index in [9.17, 15) is 9.18 Å². The summed E-state index contributed by atoms with van der Waals surface area (Å²) < 4.78 is 14.3. The van der Waals surface area contributed by atoms with Gasteiger partial charge in [0.1, 0.15) is 5.82 Å². The second kappa shape index (κ2) is 4.45. The van der Waals surface area contributed by atoms with Crippen molar-refractivity contribution in [2.75, 3.05) is 0 Å². The molecule has 82 valence electrons. The Balaban J connectivity index is 2.34. The monoisotopic (exact) mass is 238 g/mol. The molecular weight excluding hydrogens is 231 g/mol. The van der Waals surface area contributed by atoms with Crippen LogP contribution in [-0.4, -0.2) is 9.55 Å². The SMILES string of the molecule is O=c1c(Cl)nccn1Cc1cccc(F)c1. The third-order valence-electron chi connectivity index (χ3n) is 2.11. The van der Waals surface area contributed by atoms with E-state index in [1.165, 1.54) is 29.1 Å². The van der Waals surface area contributed by atoms with Gasteiger partial charge in [-0.15, -0.1) is 0 Å². The first-order valence-electron chi connectivity index (χ1n) is 4.62. The van der Waals surface area contributed by atoms with Crippen LogP contribution in [0.1, 0.15) is 5.56 Å².